The zero-order valence-electron chi connectivity index (χ0n) is 13.0. The predicted octanol–water partition coefficient (Wildman–Crippen LogP) is 1.15. The van der Waals surface area contributed by atoms with Gasteiger partial charge in [-0.25, -0.2) is 9.48 Å². The summed E-state index contributed by atoms with van der Waals surface area (Å²) in [6.07, 6.45) is 1.72. The zero-order valence-corrected chi connectivity index (χ0v) is 13.0. The van der Waals surface area contributed by atoms with Crippen molar-refractivity contribution in [1.29, 1.82) is 0 Å². The zero-order chi connectivity index (χ0) is 16.4. The number of rotatable bonds is 5. The van der Waals surface area contributed by atoms with Crippen molar-refractivity contribution < 1.29 is 9.90 Å². The van der Waals surface area contributed by atoms with Gasteiger partial charge in [-0.3, -0.25) is 9.78 Å². The van der Waals surface area contributed by atoms with Crippen LogP contribution >= 0.6 is 0 Å². The fourth-order valence-electron chi connectivity index (χ4n) is 3.16. The lowest BCUT2D eigenvalue weighted by atomic mass is 9.89. The van der Waals surface area contributed by atoms with Crippen LogP contribution in [0.3, 0.4) is 0 Å². The number of aliphatic carboxylic acids is 1. The minimum atomic E-state index is -0.760. The number of para-hydroxylation sites is 1. The molecule has 2 N–H and O–H groups in total. The Kier molecular flexibility index (Phi) is 4.18. The number of carboxylic acids is 1. The van der Waals surface area contributed by atoms with Gasteiger partial charge in [-0.1, -0.05) is 18.2 Å². The van der Waals surface area contributed by atoms with Crippen LogP contribution in [0.1, 0.15) is 24.2 Å². The first-order valence-electron chi connectivity index (χ1n) is 7.70. The van der Waals surface area contributed by atoms with E-state index in [0.29, 0.717) is 18.8 Å². The van der Waals surface area contributed by atoms with Crippen molar-refractivity contribution in [3.8, 4) is 0 Å². The van der Waals surface area contributed by atoms with Crippen molar-refractivity contribution in [2.45, 2.75) is 25.8 Å². The van der Waals surface area contributed by atoms with E-state index in [0.717, 1.165) is 18.7 Å². The Morgan fingerprint density at radius 2 is 2.22 bits per heavy atom. The molecule has 0 saturated carbocycles. The standard InChI is InChI=1S/C16H20N4O3/c1-19-16(23)17-14(18-19)10-20-9-11(6-7-15(21)22)8-12-4-2-3-5-13(12)20/h2-5,11H,6-10H2,1H3,(H,21,22)(H,17,18,23). The highest BCUT2D eigenvalue weighted by molar-refractivity contribution is 5.66. The molecule has 1 aromatic carbocycles. The summed E-state index contributed by atoms with van der Waals surface area (Å²) in [5.74, 6) is 0.145. The van der Waals surface area contributed by atoms with Gasteiger partial charge in [0, 0.05) is 25.7 Å². The van der Waals surface area contributed by atoms with Gasteiger partial charge in [0.15, 0.2) is 5.82 Å². The van der Waals surface area contributed by atoms with Crippen molar-refractivity contribution in [1.82, 2.24) is 14.8 Å². The van der Waals surface area contributed by atoms with Crippen LogP contribution in [0, 0.1) is 5.92 Å². The monoisotopic (exact) mass is 316 g/mol. The summed E-state index contributed by atoms with van der Waals surface area (Å²) < 4.78 is 1.28. The van der Waals surface area contributed by atoms with Gasteiger partial charge in [0.05, 0.1) is 6.54 Å². The molecule has 3 rings (SSSR count). The molecule has 1 unspecified atom stereocenters. The molecule has 7 nitrogen and oxygen atoms in total. The Hall–Kier alpha value is -2.57. The Morgan fingerprint density at radius 3 is 2.91 bits per heavy atom. The van der Waals surface area contributed by atoms with Crippen molar-refractivity contribution in [3.05, 3.63) is 46.1 Å². The number of aromatic amines is 1. The van der Waals surface area contributed by atoms with Crippen LogP contribution in [0.5, 0.6) is 0 Å². The number of nitrogens with one attached hydrogen (secondary N) is 1. The average Bonchev–Trinajstić information content (AvgIpc) is 2.83. The summed E-state index contributed by atoms with van der Waals surface area (Å²) in [7, 11) is 1.61. The number of carbonyl (C=O) groups is 1. The fourth-order valence-corrected chi connectivity index (χ4v) is 3.16. The second-order valence-electron chi connectivity index (χ2n) is 6.01. The number of anilines is 1. The van der Waals surface area contributed by atoms with Crippen LogP contribution in [0.15, 0.2) is 29.1 Å². The molecular formula is C16H20N4O3. The number of carboxylic acid groups (broad SMARTS) is 1. The lowest BCUT2D eigenvalue weighted by Gasteiger charge is -2.35. The van der Waals surface area contributed by atoms with Gasteiger partial charge in [0.1, 0.15) is 0 Å². The van der Waals surface area contributed by atoms with E-state index in [1.165, 1.54) is 10.2 Å². The SMILES string of the molecule is Cn1nc(CN2CC(CCC(=O)O)Cc3ccccc32)[nH]c1=O. The molecule has 0 fully saturated rings. The summed E-state index contributed by atoms with van der Waals surface area (Å²) in [5, 5.41) is 13.1. The minimum absolute atomic E-state index is 0.182. The number of hydrogen-bond acceptors (Lipinski definition) is 4. The van der Waals surface area contributed by atoms with Crippen LogP contribution in [-0.4, -0.2) is 32.4 Å². The van der Waals surface area contributed by atoms with E-state index in [9.17, 15) is 9.59 Å². The van der Waals surface area contributed by atoms with E-state index < -0.39 is 5.97 Å². The lowest BCUT2D eigenvalue weighted by Crippen LogP contribution is -2.35. The maximum absolute atomic E-state index is 11.5. The van der Waals surface area contributed by atoms with Crippen LogP contribution in [0.4, 0.5) is 5.69 Å². The van der Waals surface area contributed by atoms with E-state index in [1.54, 1.807) is 7.05 Å². The van der Waals surface area contributed by atoms with Crippen molar-refractivity contribution in [2.24, 2.45) is 13.0 Å². The van der Waals surface area contributed by atoms with Crippen molar-refractivity contribution in [2.75, 3.05) is 11.4 Å². The second-order valence-corrected chi connectivity index (χ2v) is 6.01. The number of benzene rings is 1. The molecule has 122 valence electrons. The third-order valence-corrected chi connectivity index (χ3v) is 4.24. The van der Waals surface area contributed by atoms with Gasteiger partial charge in [0.2, 0.25) is 0 Å². The van der Waals surface area contributed by atoms with Crippen LogP contribution in [-0.2, 0) is 24.8 Å². The highest BCUT2D eigenvalue weighted by atomic mass is 16.4. The third-order valence-electron chi connectivity index (χ3n) is 4.24. The second kappa shape index (κ2) is 6.28. The molecule has 0 bridgehead atoms. The summed E-state index contributed by atoms with van der Waals surface area (Å²) in [6.45, 7) is 1.28. The molecule has 2 aromatic rings. The molecule has 0 aliphatic carbocycles. The molecule has 0 radical (unpaired) electrons. The summed E-state index contributed by atoms with van der Waals surface area (Å²) in [4.78, 5) is 27.3. The van der Waals surface area contributed by atoms with Gasteiger partial charge in [0.25, 0.3) is 0 Å². The van der Waals surface area contributed by atoms with Gasteiger partial charge in [-0.2, -0.15) is 5.10 Å². The Balaban J connectivity index is 1.82. The number of nitrogens with zero attached hydrogens (tertiary/aromatic N) is 3. The maximum Gasteiger partial charge on any atom is 0.343 e. The van der Waals surface area contributed by atoms with Gasteiger partial charge < -0.3 is 10.0 Å². The molecule has 2 heterocycles. The summed E-state index contributed by atoms with van der Waals surface area (Å²) in [6, 6.07) is 8.13. The fraction of sp³-hybridized carbons (Fsp3) is 0.438. The predicted molar refractivity (Wildman–Crippen MR) is 85.4 cm³/mol. The normalized spacial score (nSPS) is 17.1. The molecule has 1 aliphatic rings. The van der Waals surface area contributed by atoms with Crippen LogP contribution < -0.4 is 10.6 Å². The van der Waals surface area contributed by atoms with Gasteiger partial charge >= 0.3 is 11.7 Å². The summed E-state index contributed by atoms with van der Waals surface area (Å²) in [5.41, 5.74) is 2.12. The smallest absolute Gasteiger partial charge is 0.343 e. The van der Waals surface area contributed by atoms with E-state index in [1.807, 2.05) is 12.1 Å². The number of aromatic nitrogens is 3. The largest absolute Gasteiger partial charge is 0.481 e. The minimum Gasteiger partial charge on any atom is -0.481 e. The lowest BCUT2D eigenvalue weighted by molar-refractivity contribution is -0.137. The Bertz CT molecular complexity index is 765. The van der Waals surface area contributed by atoms with Gasteiger partial charge in [-0.05, 0) is 30.4 Å². The number of hydrogen-bond donors (Lipinski definition) is 2. The van der Waals surface area contributed by atoms with Crippen LogP contribution in [0.2, 0.25) is 0 Å². The van der Waals surface area contributed by atoms with E-state index >= 15 is 0 Å². The molecular weight excluding hydrogens is 296 g/mol. The number of fused-ring (bicyclic) bond motifs is 1. The van der Waals surface area contributed by atoms with E-state index in [4.69, 9.17) is 5.11 Å². The first-order chi connectivity index (χ1) is 11.0. The first-order valence-corrected chi connectivity index (χ1v) is 7.70. The van der Waals surface area contributed by atoms with E-state index in [2.05, 4.69) is 27.1 Å². The molecule has 1 aromatic heterocycles. The maximum atomic E-state index is 11.5. The highest BCUT2D eigenvalue weighted by Crippen LogP contribution is 2.32. The molecule has 7 heteroatoms. The molecule has 1 aliphatic heterocycles. The van der Waals surface area contributed by atoms with Crippen LogP contribution in [0.25, 0.3) is 0 Å². The third kappa shape index (κ3) is 3.44. The topological polar surface area (TPSA) is 91.2 Å². The highest BCUT2D eigenvalue weighted by Gasteiger charge is 2.25. The molecule has 0 spiro atoms. The molecule has 0 amide bonds. The van der Waals surface area contributed by atoms with E-state index in [-0.39, 0.29) is 18.0 Å². The number of aryl methyl sites for hydroxylation is 1. The average molecular weight is 316 g/mol. The first kappa shape index (κ1) is 15.3. The quantitative estimate of drug-likeness (QED) is 0.863. The number of H-pyrrole nitrogens is 1. The van der Waals surface area contributed by atoms with Gasteiger partial charge in [-0.15, -0.1) is 0 Å². The Labute approximate surface area is 133 Å². The Morgan fingerprint density at radius 1 is 1.43 bits per heavy atom. The molecule has 23 heavy (non-hydrogen) atoms. The van der Waals surface area contributed by atoms with Crippen molar-refractivity contribution >= 4 is 11.7 Å². The summed E-state index contributed by atoms with van der Waals surface area (Å²) >= 11 is 0. The molecule has 1 atom stereocenters. The van der Waals surface area contributed by atoms with Crippen molar-refractivity contribution in [3.63, 3.8) is 0 Å². The molecule has 0 saturated heterocycles.